The Morgan fingerprint density at radius 3 is 2.62 bits per heavy atom. The molecule has 0 aliphatic carbocycles. The molecule has 1 radical (unpaired) electrons. The molecule has 0 atom stereocenters. The first-order valence-electron chi connectivity index (χ1n) is 9.03. The number of rotatable bonds is 4. The number of pyridine rings is 1. The number of nitrogens with zero attached hydrogens (tertiary/aromatic N) is 2. The maximum absolute atomic E-state index is 12.4. The molecule has 1 aromatic heterocycles. The predicted molar refractivity (Wildman–Crippen MR) is 113 cm³/mol. The third kappa shape index (κ3) is 3.80. The minimum atomic E-state index is -1.07. The summed E-state index contributed by atoms with van der Waals surface area (Å²) >= 11 is -1.07. The van der Waals surface area contributed by atoms with E-state index in [1.54, 1.807) is 18.2 Å². The summed E-state index contributed by atoms with van der Waals surface area (Å²) in [5, 5.41) is 2.81. The van der Waals surface area contributed by atoms with E-state index in [1.807, 2.05) is 56.3 Å². The Morgan fingerprint density at radius 2 is 1.83 bits per heavy atom. The van der Waals surface area contributed by atoms with Gasteiger partial charge in [0.05, 0.1) is 17.7 Å². The van der Waals surface area contributed by atoms with Gasteiger partial charge in [-0.1, -0.05) is 42.0 Å². The highest BCUT2D eigenvalue weighted by Gasteiger charge is 2.17. The van der Waals surface area contributed by atoms with Crippen LogP contribution in [0.4, 0.5) is 5.69 Å². The van der Waals surface area contributed by atoms with Crippen LogP contribution in [-0.4, -0.2) is 26.8 Å². The summed E-state index contributed by atoms with van der Waals surface area (Å²) in [6.45, 7) is 11.2. The van der Waals surface area contributed by atoms with Crippen molar-refractivity contribution in [2.24, 2.45) is 0 Å². The van der Waals surface area contributed by atoms with Crippen LogP contribution in [0.3, 0.4) is 0 Å². The van der Waals surface area contributed by atoms with Crippen molar-refractivity contribution in [3.8, 4) is 5.75 Å². The maximum atomic E-state index is 12.4. The molecule has 0 N–H and O–H groups in total. The Labute approximate surface area is 175 Å². The highest BCUT2D eigenvalue weighted by molar-refractivity contribution is 6.25. The summed E-state index contributed by atoms with van der Waals surface area (Å²) in [5.41, 5.74) is 3.43. The van der Waals surface area contributed by atoms with E-state index in [2.05, 4.69) is 9.83 Å². The molecular weight excluding hydrogens is 379 g/mol. The number of aromatic nitrogens is 1. The molecule has 4 rings (SSSR count). The van der Waals surface area contributed by atoms with Crippen molar-refractivity contribution < 1.29 is 12.4 Å². The highest BCUT2D eigenvalue weighted by atomic mass is 27.2. The van der Waals surface area contributed by atoms with Gasteiger partial charge in [0.25, 0.3) is 0 Å². The lowest BCUT2D eigenvalue weighted by molar-refractivity contribution is 0.0722. The summed E-state index contributed by atoms with van der Waals surface area (Å²) in [4.78, 5) is 20.5. The van der Waals surface area contributed by atoms with Gasteiger partial charge in [0, 0.05) is 11.1 Å². The largest absolute Gasteiger partial charge is 0.884 e. The van der Waals surface area contributed by atoms with Gasteiger partial charge in [-0.05, 0) is 48.9 Å². The zero-order valence-electron chi connectivity index (χ0n) is 16.0. The second-order valence-electron chi connectivity index (χ2n) is 6.68. The molecule has 139 valence electrons. The van der Waals surface area contributed by atoms with Crippen molar-refractivity contribution in [3.05, 3.63) is 88.9 Å². The maximum Gasteiger partial charge on any atom is 0.884 e. The first-order valence-corrected chi connectivity index (χ1v) is 9.97. The van der Waals surface area contributed by atoms with E-state index in [0.717, 1.165) is 27.4 Å². The third-order valence-electron chi connectivity index (χ3n) is 4.66. The van der Waals surface area contributed by atoms with E-state index in [0.29, 0.717) is 22.5 Å². The molecule has 0 spiro atoms. The second-order valence-corrected chi connectivity index (χ2v) is 7.34. The molecule has 0 amide bonds. The molecule has 0 unspecified atom stereocenters. The fourth-order valence-corrected chi connectivity index (χ4v) is 3.91. The van der Waals surface area contributed by atoms with Crippen molar-refractivity contribution in [3.63, 3.8) is 0 Å². The van der Waals surface area contributed by atoms with Crippen LogP contribution in [0.15, 0.2) is 60.7 Å². The number of benzene rings is 3. The van der Waals surface area contributed by atoms with E-state index in [1.165, 1.54) is 0 Å². The topological polar surface area (TPSA) is 52.8 Å². The molecule has 4 aromatic rings. The van der Waals surface area contributed by atoms with Crippen LogP contribution < -0.4 is 3.79 Å². The van der Waals surface area contributed by atoms with Crippen molar-refractivity contribution in [2.75, 3.05) is 0 Å². The van der Waals surface area contributed by atoms with Crippen LogP contribution in [0, 0.1) is 20.4 Å². The molecule has 5 nitrogen and oxygen atoms in total. The predicted octanol–water partition coefficient (Wildman–Crippen LogP) is 5.33. The summed E-state index contributed by atoms with van der Waals surface area (Å²) in [6.07, 6.45) is 0. The van der Waals surface area contributed by atoms with Crippen molar-refractivity contribution in [1.82, 2.24) is 4.98 Å². The fourth-order valence-electron chi connectivity index (χ4n) is 3.35. The molecule has 0 saturated carbocycles. The zero-order valence-corrected chi connectivity index (χ0v) is 17.1. The Morgan fingerprint density at radius 1 is 1.03 bits per heavy atom. The molecule has 1 heterocycles. The zero-order chi connectivity index (χ0) is 20.4. The quantitative estimate of drug-likeness (QED) is 0.346. The van der Waals surface area contributed by atoms with E-state index in [4.69, 9.17) is 14.1 Å². The summed E-state index contributed by atoms with van der Waals surface area (Å²) < 4.78 is 11.2. The minimum absolute atomic E-state index is 0.423. The lowest BCUT2D eigenvalue weighted by atomic mass is 10.1. The third-order valence-corrected chi connectivity index (χ3v) is 5.32. The minimum Gasteiger partial charge on any atom is -0.614 e. The van der Waals surface area contributed by atoms with Gasteiger partial charge in [-0.2, -0.15) is 0 Å². The van der Waals surface area contributed by atoms with Crippen LogP contribution in [0.1, 0.15) is 21.6 Å². The Kier molecular flexibility index (Phi) is 5.19. The summed E-state index contributed by atoms with van der Waals surface area (Å²) in [6, 6.07) is 18.6. The average molecular weight is 395 g/mol. The van der Waals surface area contributed by atoms with Gasteiger partial charge in [-0.15, -0.1) is 0 Å². The normalized spacial score (nSPS) is 10.5. The van der Waals surface area contributed by atoms with Gasteiger partial charge in [-0.25, -0.2) is 9.64 Å². The van der Waals surface area contributed by atoms with Gasteiger partial charge in [0.2, 0.25) is 0 Å². The number of hydrogen-bond donors (Lipinski definition) is 0. The van der Waals surface area contributed by atoms with E-state index in [9.17, 15) is 4.79 Å². The Hall–Kier alpha value is -3.38. The van der Waals surface area contributed by atoms with Gasteiger partial charge in [0.1, 0.15) is 5.75 Å². The summed E-state index contributed by atoms with van der Waals surface area (Å²) in [7, 11) is 0. The highest BCUT2D eigenvalue weighted by Crippen LogP contribution is 2.34. The molecule has 29 heavy (non-hydrogen) atoms. The van der Waals surface area contributed by atoms with Crippen molar-refractivity contribution in [1.29, 1.82) is 0 Å². The Bertz CT molecular complexity index is 1290. The average Bonchev–Trinajstić information content (AvgIpc) is 2.73. The number of hydrogen-bond acceptors (Lipinski definition) is 4. The number of carbonyl (C=O) groups excluding carboxylic acids is 1. The molecule has 3 aromatic carbocycles. The molecule has 6 heteroatoms. The fraction of sp³-hybridized carbons (Fsp3) is 0.0870. The van der Waals surface area contributed by atoms with Crippen LogP contribution >= 0.6 is 0 Å². The first kappa shape index (κ1) is 19.0. The van der Waals surface area contributed by atoms with Gasteiger partial charge in [0.15, 0.2) is 5.69 Å². The van der Waals surface area contributed by atoms with E-state index < -0.39 is 21.9 Å². The molecular formula is C23H16AlN2O3. The van der Waals surface area contributed by atoms with Gasteiger partial charge >= 0.3 is 21.9 Å². The Balaban J connectivity index is 1.54. The standard InChI is InChI=1S/C12H10N2O.C11H8O2.Al/c1-7-6-8(2)14-12-10(15)5-4-9(13-3)11(7)12;12-11(13)10-6-5-8-3-1-2-4-9(8)7-10;/h4-6,15H,1-2H3;1-7H,(H,12,13);/q;;+2/p-2. The van der Waals surface area contributed by atoms with E-state index in [-0.39, 0.29) is 0 Å². The molecule has 0 fully saturated rings. The molecule has 0 saturated heterocycles. The lowest BCUT2D eigenvalue weighted by Crippen LogP contribution is -2.14. The first-order chi connectivity index (χ1) is 14.1. The smallest absolute Gasteiger partial charge is 0.614 e. The molecule has 0 aliphatic heterocycles. The lowest BCUT2D eigenvalue weighted by Gasteiger charge is -2.13. The van der Waals surface area contributed by atoms with Crippen LogP contribution in [0.5, 0.6) is 5.75 Å². The van der Waals surface area contributed by atoms with Crippen LogP contribution in [0.2, 0.25) is 0 Å². The van der Waals surface area contributed by atoms with Crippen molar-refractivity contribution in [2.45, 2.75) is 13.8 Å². The van der Waals surface area contributed by atoms with Gasteiger partial charge in [-0.3, -0.25) is 4.98 Å². The number of carbonyl (C=O) groups is 1. The van der Waals surface area contributed by atoms with E-state index >= 15 is 0 Å². The van der Waals surface area contributed by atoms with Crippen LogP contribution in [-0.2, 0) is 3.79 Å². The SMILES string of the molecule is [C-]#[N+]c1ccc([O][Al][O]C(=O)c2ccc3ccccc3c2)c2nc(C)cc(C)c12. The molecule has 0 aliphatic rings. The molecule has 0 bridgehead atoms. The van der Waals surface area contributed by atoms with Gasteiger partial charge < -0.3 is 7.58 Å². The van der Waals surface area contributed by atoms with Crippen LogP contribution in [0.25, 0.3) is 26.5 Å². The number of aryl methyl sites for hydroxylation is 2. The second kappa shape index (κ2) is 7.93. The summed E-state index contributed by atoms with van der Waals surface area (Å²) in [5.74, 6) is 0.0914. The van der Waals surface area contributed by atoms with Crippen molar-refractivity contribution >= 4 is 49.2 Å². The number of fused-ring (bicyclic) bond motifs is 2. The monoisotopic (exact) mass is 395 g/mol.